The van der Waals surface area contributed by atoms with Crippen LogP contribution < -0.4 is 23.7 Å². The Kier molecular flexibility index (Phi) is 5.92. The fraction of sp³-hybridized carbons (Fsp3) is 0.333. The van der Waals surface area contributed by atoms with Crippen LogP contribution >= 0.6 is 0 Å². The lowest BCUT2D eigenvalue weighted by molar-refractivity contribution is 0.171. The number of hydrogen-bond donors (Lipinski definition) is 2. The van der Waals surface area contributed by atoms with Gasteiger partial charge in [0.15, 0.2) is 11.5 Å². The smallest absolute Gasteiger partial charge is 0.262 e. The summed E-state index contributed by atoms with van der Waals surface area (Å²) in [4.78, 5) is -0.149. The van der Waals surface area contributed by atoms with Crippen molar-refractivity contribution in [3.63, 3.8) is 0 Å². The molecule has 3 rings (SSSR count). The number of sulfonamides is 2. The molecule has 158 valence electrons. The van der Waals surface area contributed by atoms with Crippen molar-refractivity contribution in [3.05, 3.63) is 36.4 Å². The zero-order chi connectivity index (χ0) is 21.2. The summed E-state index contributed by atoms with van der Waals surface area (Å²) in [5.74, 6) is 0.957. The van der Waals surface area contributed by atoms with Crippen molar-refractivity contribution in [1.29, 1.82) is 0 Å². The van der Waals surface area contributed by atoms with Crippen LogP contribution in [-0.4, -0.2) is 43.2 Å². The molecule has 1 aliphatic rings. The van der Waals surface area contributed by atoms with Crippen LogP contribution in [0.1, 0.15) is 13.8 Å². The summed E-state index contributed by atoms with van der Waals surface area (Å²) >= 11 is 0. The molecule has 29 heavy (non-hydrogen) atoms. The average molecular weight is 443 g/mol. The molecule has 2 aromatic rings. The molecular weight excluding hydrogens is 420 g/mol. The molecule has 0 unspecified atom stereocenters. The van der Waals surface area contributed by atoms with Gasteiger partial charge in [0.1, 0.15) is 19.0 Å². The summed E-state index contributed by atoms with van der Waals surface area (Å²) in [5.41, 5.74) is -0.00554. The molecule has 0 aromatic heterocycles. The van der Waals surface area contributed by atoms with E-state index in [1.54, 1.807) is 13.8 Å². The molecule has 0 amide bonds. The van der Waals surface area contributed by atoms with E-state index in [9.17, 15) is 16.8 Å². The third-order valence-electron chi connectivity index (χ3n) is 3.94. The Morgan fingerprint density at radius 1 is 0.897 bits per heavy atom. The van der Waals surface area contributed by atoms with Crippen molar-refractivity contribution >= 4 is 25.7 Å². The predicted molar refractivity (Wildman–Crippen MR) is 107 cm³/mol. The minimum Gasteiger partial charge on any atom is -0.495 e. The zero-order valence-corrected chi connectivity index (χ0v) is 17.8. The summed E-state index contributed by atoms with van der Waals surface area (Å²) in [6.07, 6.45) is 0. The molecule has 0 spiro atoms. The van der Waals surface area contributed by atoms with Gasteiger partial charge in [0.25, 0.3) is 10.0 Å². The van der Waals surface area contributed by atoms with Gasteiger partial charge in [-0.3, -0.25) is 4.72 Å². The lowest BCUT2D eigenvalue weighted by atomic mass is 10.3. The van der Waals surface area contributed by atoms with Gasteiger partial charge in [-0.25, -0.2) is 21.6 Å². The van der Waals surface area contributed by atoms with Crippen molar-refractivity contribution in [2.75, 3.05) is 25.0 Å². The number of rotatable bonds is 7. The number of fused-ring (bicyclic) bond motifs is 1. The molecule has 9 nitrogen and oxygen atoms in total. The number of hydrogen-bond acceptors (Lipinski definition) is 7. The maximum Gasteiger partial charge on any atom is 0.262 e. The Morgan fingerprint density at radius 2 is 1.52 bits per heavy atom. The molecule has 0 saturated heterocycles. The highest BCUT2D eigenvalue weighted by molar-refractivity contribution is 7.92. The highest BCUT2D eigenvalue weighted by Crippen LogP contribution is 2.34. The van der Waals surface area contributed by atoms with Gasteiger partial charge in [0.2, 0.25) is 10.0 Å². The standard InChI is InChI=1S/C18H22N2O7S2/c1-12(2)19-28(21,22)13-4-6-16(25-3)15(10-13)20-29(23,24)14-5-7-17-18(11-14)27-9-8-26-17/h4-7,10-12,19-20H,8-9H2,1-3H3. The van der Waals surface area contributed by atoms with E-state index in [1.165, 1.54) is 43.5 Å². The highest BCUT2D eigenvalue weighted by Gasteiger charge is 2.23. The number of ether oxygens (including phenoxy) is 3. The van der Waals surface area contributed by atoms with E-state index in [0.29, 0.717) is 24.7 Å². The van der Waals surface area contributed by atoms with Gasteiger partial charge in [0.05, 0.1) is 22.6 Å². The molecular formula is C18H22N2O7S2. The fourth-order valence-electron chi connectivity index (χ4n) is 2.71. The monoisotopic (exact) mass is 442 g/mol. The largest absolute Gasteiger partial charge is 0.495 e. The van der Waals surface area contributed by atoms with Crippen LogP contribution in [0.5, 0.6) is 17.2 Å². The van der Waals surface area contributed by atoms with Crippen molar-refractivity contribution < 1.29 is 31.0 Å². The molecule has 11 heteroatoms. The van der Waals surface area contributed by atoms with E-state index < -0.39 is 20.0 Å². The molecule has 1 aliphatic heterocycles. The first-order chi connectivity index (χ1) is 13.6. The van der Waals surface area contributed by atoms with Crippen molar-refractivity contribution in [3.8, 4) is 17.2 Å². The summed E-state index contributed by atoms with van der Waals surface area (Å²) in [6, 6.07) is 7.85. The Balaban J connectivity index is 1.96. The van der Waals surface area contributed by atoms with Crippen LogP contribution in [0.25, 0.3) is 0 Å². The Hall–Kier alpha value is -2.50. The highest BCUT2D eigenvalue weighted by atomic mass is 32.2. The van der Waals surface area contributed by atoms with Gasteiger partial charge in [-0.2, -0.15) is 0 Å². The molecule has 0 saturated carbocycles. The topological polar surface area (TPSA) is 120 Å². The maximum absolute atomic E-state index is 12.9. The minimum absolute atomic E-state index is 0.00554. The fourth-order valence-corrected chi connectivity index (χ4v) is 5.06. The van der Waals surface area contributed by atoms with Gasteiger partial charge in [-0.05, 0) is 44.2 Å². The van der Waals surface area contributed by atoms with Crippen LogP contribution in [0.2, 0.25) is 0 Å². The zero-order valence-electron chi connectivity index (χ0n) is 16.1. The summed E-state index contributed by atoms with van der Waals surface area (Å²) in [7, 11) is -6.50. The van der Waals surface area contributed by atoms with Crippen molar-refractivity contribution in [2.45, 2.75) is 29.7 Å². The third kappa shape index (κ3) is 4.74. The van der Waals surface area contributed by atoms with E-state index >= 15 is 0 Å². The van der Waals surface area contributed by atoms with Crippen LogP contribution in [0.15, 0.2) is 46.2 Å². The van der Waals surface area contributed by atoms with Crippen molar-refractivity contribution in [2.24, 2.45) is 0 Å². The number of methoxy groups -OCH3 is 1. The van der Waals surface area contributed by atoms with Gasteiger partial charge >= 0.3 is 0 Å². The quantitative estimate of drug-likeness (QED) is 0.672. The molecule has 0 bridgehead atoms. The Bertz CT molecular complexity index is 1110. The first-order valence-corrected chi connectivity index (χ1v) is 11.7. The first-order valence-electron chi connectivity index (χ1n) is 8.75. The number of anilines is 1. The van der Waals surface area contributed by atoms with E-state index in [4.69, 9.17) is 14.2 Å². The molecule has 2 N–H and O–H groups in total. The van der Waals surface area contributed by atoms with E-state index in [-0.39, 0.29) is 27.3 Å². The lowest BCUT2D eigenvalue weighted by Crippen LogP contribution is -2.30. The minimum atomic E-state index is -4.05. The number of benzene rings is 2. The predicted octanol–water partition coefficient (Wildman–Crippen LogP) is 1.95. The molecule has 0 fully saturated rings. The first kappa shape index (κ1) is 21.2. The molecule has 1 heterocycles. The molecule has 0 aliphatic carbocycles. The van der Waals surface area contributed by atoms with Crippen LogP contribution in [-0.2, 0) is 20.0 Å². The number of nitrogens with one attached hydrogen (secondary N) is 2. The van der Waals surface area contributed by atoms with Crippen molar-refractivity contribution in [1.82, 2.24) is 4.72 Å². The van der Waals surface area contributed by atoms with Gasteiger partial charge in [-0.1, -0.05) is 0 Å². The normalized spacial score (nSPS) is 13.9. The Labute approximate surface area is 170 Å². The van der Waals surface area contributed by atoms with E-state index in [0.717, 1.165) is 0 Å². The average Bonchev–Trinajstić information content (AvgIpc) is 2.66. The Morgan fingerprint density at radius 3 is 2.17 bits per heavy atom. The third-order valence-corrected chi connectivity index (χ3v) is 6.96. The lowest BCUT2D eigenvalue weighted by Gasteiger charge is -2.19. The van der Waals surface area contributed by atoms with E-state index in [1.807, 2.05) is 0 Å². The van der Waals surface area contributed by atoms with Gasteiger partial charge in [-0.15, -0.1) is 0 Å². The van der Waals surface area contributed by atoms with E-state index in [2.05, 4.69) is 9.44 Å². The summed E-state index contributed by atoms with van der Waals surface area (Å²) < 4.78 is 71.4. The maximum atomic E-state index is 12.9. The van der Waals surface area contributed by atoms with Gasteiger partial charge < -0.3 is 14.2 Å². The summed E-state index contributed by atoms with van der Waals surface area (Å²) in [6.45, 7) is 4.08. The van der Waals surface area contributed by atoms with Crippen LogP contribution in [0.4, 0.5) is 5.69 Å². The second kappa shape index (κ2) is 8.09. The molecule has 0 atom stereocenters. The second-order valence-electron chi connectivity index (χ2n) is 6.55. The van der Waals surface area contributed by atoms with Gasteiger partial charge in [0, 0.05) is 12.1 Å². The van der Waals surface area contributed by atoms with Crippen LogP contribution in [0, 0.1) is 0 Å². The SMILES string of the molecule is COc1ccc(S(=O)(=O)NC(C)C)cc1NS(=O)(=O)c1ccc2c(c1)OCCO2. The molecule has 2 aromatic carbocycles. The summed E-state index contributed by atoms with van der Waals surface area (Å²) in [5, 5.41) is 0. The van der Waals surface area contributed by atoms with Crippen LogP contribution in [0.3, 0.4) is 0 Å². The molecule has 0 radical (unpaired) electrons. The second-order valence-corrected chi connectivity index (χ2v) is 9.95.